The van der Waals surface area contributed by atoms with Gasteiger partial charge in [-0.2, -0.15) is 0 Å². The zero-order valence-corrected chi connectivity index (χ0v) is 12.2. The molecule has 0 spiro atoms. The van der Waals surface area contributed by atoms with E-state index in [1.807, 2.05) is 35.2 Å². The van der Waals surface area contributed by atoms with Crippen LogP contribution in [-0.4, -0.2) is 28.9 Å². The molecule has 0 unspecified atom stereocenters. The number of aryl methyl sites for hydroxylation is 1. The van der Waals surface area contributed by atoms with Gasteiger partial charge in [0.25, 0.3) is 5.91 Å². The van der Waals surface area contributed by atoms with Crippen LogP contribution in [0.2, 0.25) is 0 Å². The number of hydrogen-bond acceptors (Lipinski definition) is 3. The molecule has 1 aliphatic rings. The number of hydrogen-bond donors (Lipinski definition) is 1. The van der Waals surface area contributed by atoms with E-state index in [4.69, 9.17) is 0 Å². The molecule has 1 aromatic heterocycles. The van der Waals surface area contributed by atoms with E-state index < -0.39 is 0 Å². The van der Waals surface area contributed by atoms with Crippen LogP contribution in [0.25, 0.3) is 0 Å². The molecular formula is C17H19N3O. The number of likely N-dealkylation sites (tertiary alicyclic amines) is 1. The molecule has 1 fully saturated rings. The third kappa shape index (κ3) is 3.05. The van der Waals surface area contributed by atoms with E-state index in [0.717, 1.165) is 37.3 Å². The summed E-state index contributed by atoms with van der Waals surface area (Å²) in [6.45, 7) is 3.74. The number of carbonyl (C=O) groups excluding carboxylic acids is 1. The van der Waals surface area contributed by atoms with Crippen LogP contribution in [-0.2, 0) is 0 Å². The molecule has 21 heavy (non-hydrogen) atoms. The van der Waals surface area contributed by atoms with Gasteiger partial charge < -0.3 is 10.2 Å². The van der Waals surface area contributed by atoms with Crippen molar-refractivity contribution in [3.63, 3.8) is 0 Å². The number of anilines is 2. The molecule has 0 radical (unpaired) electrons. The van der Waals surface area contributed by atoms with E-state index in [-0.39, 0.29) is 5.91 Å². The number of nitrogens with one attached hydrogen (secondary N) is 1. The van der Waals surface area contributed by atoms with Crippen molar-refractivity contribution < 1.29 is 4.79 Å². The van der Waals surface area contributed by atoms with Gasteiger partial charge in [0.15, 0.2) is 0 Å². The fourth-order valence-electron chi connectivity index (χ4n) is 2.58. The molecule has 108 valence electrons. The maximum absolute atomic E-state index is 12.4. The largest absolute Gasteiger partial charge is 0.355 e. The molecular weight excluding hydrogens is 262 g/mol. The summed E-state index contributed by atoms with van der Waals surface area (Å²) in [6.07, 6.45) is 3.86. The van der Waals surface area contributed by atoms with Gasteiger partial charge in [-0.05, 0) is 43.5 Å². The summed E-state index contributed by atoms with van der Waals surface area (Å²) in [5.41, 5.74) is 3.61. The summed E-state index contributed by atoms with van der Waals surface area (Å²) in [7, 11) is 0. The summed E-state index contributed by atoms with van der Waals surface area (Å²) >= 11 is 0. The van der Waals surface area contributed by atoms with Crippen molar-refractivity contribution in [1.29, 1.82) is 0 Å². The number of aromatic nitrogens is 1. The SMILES string of the molecule is Cc1ccccc1Nc1ccnc(C(=O)N2CCCC2)c1. The van der Waals surface area contributed by atoms with Gasteiger partial charge in [0.1, 0.15) is 5.69 Å². The monoisotopic (exact) mass is 281 g/mol. The van der Waals surface area contributed by atoms with Gasteiger partial charge in [-0.1, -0.05) is 18.2 Å². The average Bonchev–Trinajstić information content (AvgIpc) is 3.03. The van der Waals surface area contributed by atoms with Crippen LogP contribution in [0.4, 0.5) is 11.4 Å². The van der Waals surface area contributed by atoms with Crippen LogP contribution in [0, 0.1) is 6.92 Å². The molecule has 1 amide bonds. The fraction of sp³-hybridized carbons (Fsp3) is 0.294. The van der Waals surface area contributed by atoms with Crippen LogP contribution in [0.1, 0.15) is 28.9 Å². The smallest absolute Gasteiger partial charge is 0.272 e. The van der Waals surface area contributed by atoms with Gasteiger partial charge in [-0.3, -0.25) is 9.78 Å². The molecule has 2 heterocycles. The third-order valence-electron chi connectivity index (χ3n) is 3.80. The summed E-state index contributed by atoms with van der Waals surface area (Å²) in [6, 6.07) is 11.8. The highest BCUT2D eigenvalue weighted by molar-refractivity contribution is 5.93. The molecule has 2 aromatic rings. The van der Waals surface area contributed by atoms with E-state index in [0.29, 0.717) is 5.69 Å². The Morgan fingerprint density at radius 3 is 2.71 bits per heavy atom. The summed E-state index contributed by atoms with van der Waals surface area (Å²) < 4.78 is 0. The Balaban J connectivity index is 1.80. The number of carbonyl (C=O) groups is 1. The van der Waals surface area contributed by atoms with Gasteiger partial charge in [-0.15, -0.1) is 0 Å². The minimum absolute atomic E-state index is 0.0286. The highest BCUT2D eigenvalue weighted by atomic mass is 16.2. The number of amides is 1. The Morgan fingerprint density at radius 2 is 1.95 bits per heavy atom. The Hall–Kier alpha value is -2.36. The van der Waals surface area contributed by atoms with E-state index >= 15 is 0 Å². The first-order valence-corrected chi connectivity index (χ1v) is 7.32. The number of pyridine rings is 1. The van der Waals surface area contributed by atoms with Crippen LogP contribution < -0.4 is 5.32 Å². The zero-order chi connectivity index (χ0) is 14.7. The van der Waals surface area contributed by atoms with E-state index in [1.54, 1.807) is 6.20 Å². The second kappa shape index (κ2) is 5.95. The van der Waals surface area contributed by atoms with Gasteiger partial charge in [0.2, 0.25) is 0 Å². The molecule has 0 atom stereocenters. The highest BCUT2D eigenvalue weighted by Gasteiger charge is 2.20. The molecule has 1 aromatic carbocycles. The quantitative estimate of drug-likeness (QED) is 0.938. The molecule has 3 rings (SSSR count). The lowest BCUT2D eigenvalue weighted by molar-refractivity contribution is 0.0787. The minimum atomic E-state index is 0.0286. The fourth-order valence-corrected chi connectivity index (χ4v) is 2.58. The lowest BCUT2D eigenvalue weighted by Gasteiger charge is -2.15. The minimum Gasteiger partial charge on any atom is -0.355 e. The first-order valence-electron chi connectivity index (χ1n) is 7.32. The molecule has 0 aliphatic carbocycles. The Bertz CT molecular complexity index is 648. The molecule has 1 N–H and O–H groups in total. The molecule has 4 heteroatoms. The number of benzene rings is 1. The Labute approximate surface area is 124 Å². The Morgan fingerprint density at radius 1 is 1.19 bits per heavy atom. The second-order valence-electron chi connectivity index (χ2n) is 5.37. The molecule has 4 nitrogen and oxygen atoms in total. The van der Waals surface area contributed by atoms with Gasteiger partial charge in [-0.25, -0.2) is 0 Å². The van der Waals surface area contributed by atoms with Crippen molar-refractivity contribution in [2.75, 3.05) is 18.4 Å². The van der Waals surface area contributed by atoms with Crippen molar-refractivity contribution in [2.45, 2.75) is 19.8 Å². The number of nitrogens with zero attached hydrogens (tertiary/aromatic N) is 2. The number of rotatable bonds is 3. The van der Waals surface area contributed by atoms with Gasteiger partial charge >= 0.3 is 0 Å². The van der Waals surface area contributed by atoms with Crippen molar-refractivity contribution in [2.24, 2.45) is 0 Å². The molecule has 0 bridgehead atoms. The third-order valence-corrected chi connectivity index (χ3v) is 3.80. The maximum Gasteiger partial charge on any atom is 0.272 e. The lowest BCUT2D eigenvalue weighted by atomic mass is 10.2. The first-order chi connectivity index (χ1) is 10.2. The molecule has 1 saturated heterocycles. The lowest BCUT2D eigenvalue weighted by Crippen LogP contribution is -2.28. The predicted octanol–water partition coefficient (Wildman–Crippen LogP) is 3.37. The average molecular weight is 281 g/mol. The maximum atomic E-state index is 12.4. The van der Waals surface area contributed by atoms with Crippen molar-refractivity contribution >= 4 is 17.3 Å². The van der Waals surface area contributed by atoms with Gasteiger partial charge in [0.05, 0.1) is 0 Å². The number of para-hydroxylation sites is 1. The Kier molecular flexibility index (Phi) is 3.86. The van der Waals surface area contributed by atoms with Crippen molar-refractivity contribution in [3.05, 3.63) is 53.9 Å². The highest BCUT2D eigenvalue weighted by Crippen LogP contribution is 2.21. The predicted molar refractivity (Wildman–Crippen MR) is 83.8 cm³/mol. The van der Waals surface area contributed by atoms with Crippen LogP contribution >= 0.6 is 0 Å². The van der Waals surface area contributed by atoms with Gasteiger partial charge in [0, 0.05) is 30.7 Å². The topological polar surface area (TPSA) is 45.2 Å². The zero-order valence-electron chi connectivity index (χ0n) is 12.2. The van der Waals surface area contributed by atoms with E-state index in [1.165, 1.54) is 5.56 Å². The summed E-state index contributed by atoms with van der Waals surface area (Å²) in [5.74, 6) is 0.0286. The van der Waals surface area contributed by atoms with Crippen LogP contribution in [0.3, 0.4) is 0 Å². The van der Waals surface area contributed by atoms with Crippen LogP contribution in [0.5, 0.6) is 0 Å². The van der Waals surface area contributed by atoms with Crippen molar-refractivity contribution in [3.8, 4) is 0 Å². The summed E-state index contributed by atoms with van der Waals surface area (Å²) in [4.78, 5) is 18.4. The second-order valence-corrected chi connectivity index (χ2v) is 5.37. The van der Waals surface area contributed by atoms with E-state index in [2.05, 4.69) is 23.3 Å². The van der Waals surface area contributed by atoms with Crippen molar-refractivity contribution in [1.82, 2.24) is 9.88 Å². The summed E-state index contributed by atoms with van der Waals surface area (Å²) in [5, 5.41) is 3.35. The van der Waals surface area contributed by atoms with E-state index in [9.17, 15) is 4.79 Å². The van der Waals surface area contributed by atoms with Crippen LogP contribution in [0.15, 0.2) is 42.6 Å². The standard InChI is InChI=1S/C17H19N3O/c1-13-6-2-3-7-15(13)19-14-8-9-18-16(12-14)17(21)20-10-4-5-11-20/h2-3,6-9,12H,4-5,10-11H2,1H3,(H,18,19). The first kappa shape index (κ1) is 13.6. The molecule has 1 aliphatic heterocycles. The normalized spacial score (nSPS) is 14.2. The molecule has 0 saturated carbocycles.